The quantitative estimate of drug-likeness (QED) is 0.105. The van der Waals surface area contributed by atoms with Crippen LogP contribution in [0.2, 0.25) is 0 Å². The average molecular weight is 226 g/mol. The van der Waals surface area contributed by atoms with Crippen molar-refractivity contribution in [3.05, 3.63) is 0 Å². The summed E-state index contributed by atoms with van der Waals surface area (Å²) in [5.41, 5.74) is 0. The number of hydrogen-bond donors (Lipinski definition) is 4. The van der Waals surface area contributed by atoms with Gasteiger partial charge in [0, 0.05) is 27.5 Å². The Bertz CT molecular complexity index is 100. The second-order valence-corrected chi connectivity index (χ2v) is 1.22. The van der Waals surface area contributed by atoms with Crippen LogP contribution in [0.5, 0.6) is 0 Å². The smallest absolute Gasteiger partial charge is 0.0311 e. The van der Waals surface area contributed by atoms with E-state index in [1.165, 1.54) is 0 Å². The average Bonchev–Trinajstić information content (AvgIpc) is 1.72. The van der Waals surface area contributed by atoms with E-state index in [1.54, 1.807) is 0 Å². The number of hydrogen-bond acceptors (Lipinski definition) is 6. The van der Waals surface area contributed by atoms with E-state index in [0.29, 0.717) is 0 Å². The predicted octanol–water partition coefficient (Wildman–Crippen LogP) is -5.14. The van der Waals surface area contributed by atoms with Crippen LogP contribution < -0.4 is 23.4 Å². The largest absolute Gasteiger partial charge is 0.759 e. The Morgan fingerprint density at radius 1 is 1.00 bits per heavy atom. The molecule has 0 atom stereocenters. The molecular formula is H10CuN4O4S. The maximum atomic E-state index is 8.52. The summed E-state index contributed by atoms with van der Waals surface area (Å²) in [6, 6.07) is 0. The van der Waals surface area contributed by atoms with Gasteiger partial charge in [0.1, 0.15) is 0 Å². The molecule has 0 aliphatic carbocycles. The van der Waals surface area contributed by atoms with Crippen molar-refractivity contribution in [1.29, 1.82) is 0 Å². The number of quaternary nitrogens is 2. The number of nitrogens with two attached hydrogens (primary N) is 2. The third-order valence-electron chi connectivity index (χ3n) is 0. The zero-order valence-electron chi connectivity index (χ0n) is 4.91. The van der Waals surface area contributed by atoms with Crippen molar-refractivity contribution in [2.24, 2.45) is 11.7 Å². The van der Waals surface area contributed by atoms with E-state index in [0.717, 1.165) is 0 Å². The van der Waals surface area contributed by atoms with Crippen molar-refractivity contribution < 1.29 is 46.3 Å². The summed E-state index contributed by atoms with van der Waals surface area (Å²) in [7, 11) is -5.17. The van der Waals surface area contributed by atoms with Crippen LogP contribution >= 0.6 is 0 Å². The maximum absolute atomic E-state index is 8.52. The first-order valence-electron chi connectivity index (χ1n) is 1.48. The van der Waals surface area contributed by atoms with Crippen LogP contribution in [0.25, 0.3) is 0 Å². The zero-order chi connectivity index (χ0) is 8.50. The molecule has 0 heterocycles. The normalized spacial score (nSPS) is 7.00. The first kappa shape index (κ1) is 22.5. The molecule has 0 aromatic rings. The fourth-order valence-electron chi connectivity index (χ4n) is 0. The molecule has 0 saturated carbocycles. The van der Waals surface area contributed by atoms with Gasteiger partial charge in [0.05, 0.1) is 0 Å². The van der Waals surface area contributed by atoms with Gasteiger partial charge in [0.25, 0.3) is 0 Å². The van der Waals surface area contributed by atoms with Crippen molar-refractivity contribution in [3.63, 3.8) is 0 Å². The van der Waals surface area contributed by atoms with Crippen LogP contribution in [-0.4, -0.2) is 17.5 Å². The molecule has 10 heavy (non-hydrogen) atoms. The molecule has 10 heteroatoms. The van der Waals surface area contributed by atoms with Crippen molar-refractivity contribution >= 4 is 10.4 Å². The molecule has 1 radical (unpaired) electrons. The van der Waals surface area contributed by atoms with E-state index in [9.17, 15) is 0 Å². The summed E-state index contributed by atoms with van der Waals surface area (Å²) >= 11 is 0. The van der Waals surface area contributed by atoms with E-state index in [4.69, 9.17) is 17.5 Å². The Labute approximate surface area is 68.9 Å². The molecule has 0 aromatic heterocycles. The third-order valence-corrected chi connectivity index (χ3v) is 0. The van der Waals surface area contributed by atoms with Crippen molar-refractivity contribution in [1.82, 2.24) is 0 Å². The van der Waals surface area contributed by atoms with Gasteiger partial charge in [-0.05, 0) is 0 Å². The molecule has 0 spiro atoms. The molecule has 71 valence electrons. The second-order valence-electron chi connectivity index (χ2n) is 0.408. The minimum absolute atomic E-state index is 0. The van der Waals surface area contributed by atoms with Crippen molar-refractivity contribution in [2.45, 2.75) is 0 Å². The van der Waals surface area contributed by atoms with Gasteiger partial charge in [-0.25, -0.2) is 0 Å². The molecule has 0 unspecified atom stereocenters. The van der Waals surface area contributed by atoms with Gasteiger partial charge >= 0.3 is 0 Å². The van der Waals surface area contributed by atoms with Gasteiger partial charge in [-0.15, -0.1) is 0 Å². The summed E-state index contributed by atoms with van der Waals surface area (Å²) in [6.07, 6.45) is 0. The fourth-order valence-corrected chi connectivity index (χ4v) is 0. The van der Waals surface area contributed by atoms with Crippen LogP contribution in [0.4, 0.5) is 0 Å². The molecule has 10 N–H and O–H groups in total. The van der Waals surface area contributed by atoms with Crippen LogP contribution in [0.1, 0.15) is 0 Å². The fraction of sp³-hybridized carbons (Fsp3) is 0. The molecule has 0 aliphatic rings. The van der Waals surface area contributed by atoms with E-state index in [2.05, 4.69) is 23.4 Å². The second kappa shape index (κ2) is 16.1. The topological polar surface area (TPSA) is 188 Å². The van der Waals surface area contributed by atoms with Crippen LogP contribution in [0.3, 0.4) is 0 Å². The molecule has 8 nitrogen and oxygen atoms in total. The Kier molecular flexibility index (Phi) is 36.2. The van der Waals surface area contributed by atoms with Gasteiger partial charge in [-0.1, -0.05) is 0 Å². The van der Waals surface area contributed by atoms with Crippen molar-refractivity contribution in [3.8, 4) is 0 Å². The van der Waals surface area contributed by atoms with Gasteiger partial charge in [0.2, 0.25) is 0 Å². The van der Waals surface area contributed by atoms with Gasteiger partial charge in [-0.2, -0.15) is 11.7 Å². The first-order valence-corrected chi connectivity index (χ1v) is 2.82. The monoisotopic (exact) mass is 225 g/mol. The maximum Gasteiger partial charge on any atom is 0.0311 e. The minimum atomic E-state index is -5.17. The summed E-state index contributed by atoms with van der Waals surface area (Å²) in [5.74, 6) is 14.0. The third kappa shape index (κ3) is 8170. The first-order chi connectivity index (χ1) is 4.00. The minimum Gasteiger partial charge on any atom is -0.759 e. The van der Waals surface area contributed by atoms with Crippen LogP contribution in [0.15, 0.2) is 0 Å². The Morgan fingerprint density at radius 3 is 1.00 bits per heavy atom. The van der Waals surface area contributed by atoms with Crippen LogP contribution in [0, 0.1) is 0 Å². The molecule has 0 rings (SSSR count). The SMILES string of the molecule is N[NH3+].N[NH3+].O=S(=O)([O-])[O-].[Cu]. The van der Waals surface area contributed by atoms with Gasteiger partial charge in [-0.3, -0.25) is 20.1 Å². The van der Waals surface area contributed by atoms with E-state index >= 15 is 0 Å². The predicted molar refractivity (Wildman–Crippen MR) is 24.6 cm³/mol. The molecule has 0 bridgehead atoms. The molecular weight excluding hydrogens is 216 g/mol. The van der Waals surface area contributed by atoms with E-state index in [-0.39, 0.29) is 17.1 Å². The number of rotatable bonds is 0. The molecule has 0 fully saturated rings. The summed E-state index contributed by atoms with van der Waals surface area (Å²) < 4.78 is 34.1. The zero-order valence-corrected chi connectivity index (χ0v) is 6.67. The van der Waals surface area contributed by atoms with E-state index in [1.807, 2.05) is 0 Å². The Morgan fingerprint density at radius 2 is 1.00 bits per heavy atom. The molecule has 0 aliphatic heterocycles. The standard InChI is InChI=1S/Cu.2H4N2.H2O4S/c;2*1-2;1-5(2,3)4/h;2*1-2H2;(H2,1,2,3,4). The summed E-state index contributed by atoms with van der Waals surface area (Å²) in [6.45, 7) is 0. The Hall–Kier alpha value is 0.229. The van der Waals surface area contributed by atoms with Crippen LogP contribution in [-0.2, 0) is 27.5 Å². The van der Waals surface area contributed by atoms with Gasteiger partial charge < -0.3 is 9.11 Å². The summed E-state index contributed by atoms with van der Waals surface area (Å²) in [4.78, 5) is 0. The van der Waals surface area contributed by atoms with Gasteiger partial charge in [0.15, 0.2) is 0 Å². The Balaban J connectivity index is -0.0000000315. The molecule has 0 aromatic carbocycles. The summed E-state index contributed by atoms with van der Waals surface area (Å²) in [5, 5.41) is 0. The van der Waals surface area contributed by atoms with Crippen molar-refractivity contribution in [2.75, 3.05) is 0 Å². The molecule has 0 saturated heterocycles. The van der Waals surface area contributed by atoms with E-state index < -0.39 is 10.4 Å². The molecule has 0 amide bonds.